The third-order valence-corrected chi connectivity index (χ3v) is 15.2. The van der Waals surface area contributed by atoms with Gasteiger partial charge in [0, 0.05) is 70.7 Å². The predicted molar refractivity (Wildman–Crippen MR) is 318 cm³/mol. The van der Waals surface area contributed by atoms with E-state index in [9.17, 15) is 56.4 Å². The minimum Gasteiger partial charge on any atom is -0.495 e. The van der Waals surface area contributed by atoms with E-state index in [-0.39, 0.29) is 90.2 Å². The number of methoxy groups -OCH3 is 1. The summed E-state index contributed by atoms with van der Waals surface area (Å²) in [5.74, 6) is -7.67. The zero-order valence-electron chi connectivity index (χ0n) is 50.8. The first kappa shape index (κ1) is 72.1. The van der Waals surface area contributed by atoms with Crippen molar-refractivity contribution in [3.05, 3.63) is 89.0 Å². The van der Waals surface area contributed by atoms with Crippen LogP contribution in [0, 0.1) is 23.2 Å². The lowest BCUT2D eigenvalue weighted by Gasteiger charge is -2.29. The molecule has 0 saturated carbocycles. The number of cyclic esters (lactones) is 2. The molecule has 0 spiro atoms. The van der Waals surface area contributed by atoms with Gasteiger partial charge in [0.1, 0.15) is 42.7 Å². The van der Waals surface area contributed by atoms with Crippen molar-refractivity contribution in [2.45, 2.75) is 149 Å². The summed E-state index contributed by atoms with van der Waals surface area (Å²) in [6.07, 6.45) is 0.151. The van der Waals surface area contributed by atoms with Crippen LogP contribution in [0.5, 0.6) is 5.75 Å². The summed E-state index contributed by atoms with van der Waals surface area (Å²) in [7, 11) is -2.85. The van der Waals surface area contributed by atoms with Crippen LogP contribution in [0.15, 0.2) is 67.3 Å². The smallest absolute Gasteiger partial charge is 0.347 e. The van der Waals surface area contributed by atoms with Crippen molar-refractivity contribution in [1.82, 2.24) is 36.8 Å². The van der Waals surface area contributed by atoms with Crippen LogP contribution in [0.3, 0.4) is 0 Å². The molecule has 8 atom stereocenters. The Hall–Kier alpha value is -7.42. The number of hydrogen-bond acceptors (Lipinski definition) is 17. The highest BCUT2D eigenvalue weighted by Gasteiger charge is 2.48. The van der Waals surface area contributed by atoms with Crippen LogP contribution >= 0.6 is 11.6 Å². The van der Waals surface area contributed by atoms with Gasteiger partial charge in [0.25, 0.3) is 10.1 Å². The van der Waals surface area contributed by atoms with E-state index in [1.807, 2.05) is 32.9 Å². The van der Waals surface area contributed by atoms with Gasteiger partial charge in [-0.2, -0.15) is 8.42 Å². The molecular weight excluding hydrogens is 1170 g/mol. The number of esters is 3. The largest absolute Gasteiger partial charge is 0.495 e. The highest BCUT2D eigenvalue weighted by molar-refractivity contribution is 7.85. The second kappa shape index (κ2) is 34.2. The topological polar surface area (TPSA) is 350 Å². The SMILES string of the molecule is C=CCOC(=O)CCN(CCC(=O)N[C@H](C(=O)N[C@@H](C)C(=O)NCc1ccc([C@H]2O[C@@H]2[C@@H](C)[C@@H]2C/C=C\C(=O)N[C@H](Cc3ccc(OC)c(Cl)c3)C(=O)NCC(C)(C)C(=O)O[C@@H](CC(C)C)C(=O)O2)cc1)C(C)C)C(=O)CCC(=O)NCCS(=O)(=O)O. The Kier molecular flexibility index (Phi) is 28.3. The lowest BCUT2D eigenvalue weighted by molar-refractivity contribution is -0.179. The van der Waals surface area contributed by atoms with E-state index in [0.29, 0.717) is 21.9 Å². The molecule has 2 aromatic carbocycles. The fraction of sp³-hybridized carbons (Fsp3) is 0.567. The van der Waals surface area contributed by atoms with Gasteiger partial charge in [-0.1, -0.05) is 95.3 Å². The van der Waals surface area contributed by atoms with Crippen LogP contribution in [0.1, 0.15) is 117 Å². The van der Waals surface area contributed by atoms with E-state index in [4.69, 9.17) is 39.8 Å². The summed E-state index contributed by atoms with van der Waals surface area (Å²) in [4.78, 5) is 134. The van der Waals surface area contributed by atoms with Gasteiger partial charge in [-0.15, -0.1) is 0 Å². The first-order valence-electron chi connectivity index (χ1n) is 28.8. The van der Waals surface area contributed by atoms with Crippen molar-refractivity contribution in [1.29, 1.82) is 0 Å². The van der Waals surface area contributed by atoms with Crippen LogP contribution in [-0.4, -0.2) is 159 Å². The third kappa shape index (κ3) is 24.7. The Balaban J connectivity index is 1.37. The lowest BCUT2D eigenvalue weighted by Crippen LogP contribution is -2.54. The maximum absolute atomic E-state index is 14.0. The van der Waals surface area contributed by atoms with Crippen LogP contribution in [0.4, 0.5) is 0 Å². The van der Waals surface area contributed by atoms with Crippen LogP contribution < -0.4 is 36.6 Å². The highest BCUT2D eigenvalue weighted by Crippen LogP contribution is 2.45. The molecule has 1 saturated heterocycles. The maximum atomic E-state index is 14.0. The monoisotopic (exact) mass is 1260 g/mol. The number of carbonyl (C=O) groups is 10. The second-order valence-electron chi connectivity index (χ2n) is 22.8. The van der Waals surface area contributed by atoms with Crippen molar-refractivity contribution >= 4 is 81.0 Å². The van der Waals surface area contributed by atoms with E-state index in [0.717, 1.165) is 5.56 Å². The van der Waals surface area contributed by atoms with Gasteiger partial charge >= 0.3 is 17.9 Å². The molecule has 25 nitrogen and oxygen atoms in total. The molecule has 2 aliphatic rings. The molecule has 1 fully saturated rings. The summed E-state index contributed by atoms with van der Waals surface area (Å²) in [5, 5.41) is 16.2. The van der Waals surface area contributed by atoms with E-state index in [1.165, 1.54) is 37.2 Å². The van der Waals surface area contributed by atoms with Gasteiger partial charge in [-0.25, -0.2) is 4.79 Å². The van der Waals surface area contributed by atoms with Crippen LogP contribution in [0.25, 0.3) is 0 Å². The summed E-state index contributed by atoms with van der Waals surface area (Å²) >= 11 is 6.38. The number of epoxide rings is 1. The number of nitrogens with zero attached hydrogens (tertiary/aromatic N) is 1. The molecule has 0 radical (unpaired) electrons. The number of halogens is 1. The number of ether oxygens (including phenoxy) is 5. The summed E-state index contributed by atoms with van der Waals surface area (Å²) < 4.78 is 59.2. The first-order chi connectivity index (χ1) is 40.9. The molecule has 0 aliphatic carbocycles. The third-order valence-electron chi connectivity index (χ3n) is 14.2. The van der Waals surface area contributed by atoms with Gasteiger partial charge in [0.15, 0.2) is 6.10 Å². The average Bonchev–Trinajstić information content (AvgIpc) is 1.80. The molecule has 2 aliphatic heterocycles. The standard InChI is InChI=1S/C60H84ClN7O18S/c1-11-28-83-51(73)24-27-68(50(72)22-21-47(69)62-25-29-87(79,80)81)26-23-49(71)67-52(36(4)5)57(76)65-38(7)55(74)63-33-39-15-18-41(19-16-39)54-53(86-54)37(6)44-13-12-14-48(70)66-43(32-40-17-20-45(82-10)42(61)31-40)56(75)64-34-60(8,9)59(78)85-46(30-35(2)3)58(77)84-44/h11-12,14-20,31,35-38,43-44,46,52-54H,1,13,21-30,32-34H2,2-10H3,(H,62,69)(H,63,74)(H,64,75)(H,65,76)(H,66,70)(H,67,71)(H,79,80,81)/b14-12-/t37-,38-,43+,44-,46-,52-,53+,54+/m0/s1. The number of amides is 7. The minimum atomic E-state index is -4.32. The molecule has 0 bridgehead atoms. The molecular formula is C60H84ClN7O18S. The van der Waals surface area contributed by atoms with E-state index < -0.39 is 135 Å². The summed E-state index contributed by atoms with van der Waals surface area (Å²) in [6.45, 7) is 16.1. The normalized spacial score (nSPS) is 20.4. The summed E-state index contributed by atoms with van der Waals surface area (Å²) in [5.41, 5.74) is 0.828. The number of nitrogens with one attached hydrogen (secondary N) is 6. The number of rotatable bonds is 29. The van der Waals surface area contributed by atoms with Crippen LogP contribution in [-0.2, 0) is 90.0 Å². The zero-order chi connectivity index (χ0) is 64.8. The molecule has 2 heterocycles. The molecule has 87 heavy (non-hydrogen) atoms. The molecule has 0 unspecified atom stereocenters. The lowest BCUT2D eigenvalue weighted by atomic mass is 9.92. The van der Waals surface area contributed by atoms with Crippen molar-refractivity contribution in [3.63, 3.8) is 0 Å². The van der Waals surface area contributed by atoms with Gasteiger partial charge in [0.05, 0.1) is 35.8 Å². The van der Waals surface area contributed by atoms with Crippen molar-refractivity contribution < 1.29 is 84.6 Å². The zero-order valence-corrected chi connectivity index (χ0v) is 52.3. The Labute approximate surface area is 513 Å². The number of carbonyl (C=O) groups excluding carboxylic acids is 10. The fourth-order valence-corrected chi connectivity index (χ4v) is 9.61. The van der Waals surface area contributed by atoms with Crippen molar-refractivity contribution in [2.75, 3.05) is 45.6 Å². The molecule has 7 amide bonds. The van der Waals surface area contributed by atoms with Gasteiger partial charge in [-0.05, 0) is 73.9 Å². The molecule has 480 valence electrons. The number of benzene rings is 2. The molecule has 7 N–H and O–H groups in total. The van der Waals surface area contributed by atoms with E-state index in [2.05, 4.69) is 38.5 Å². The van der Waals surface area contributed by atoms with E-state index in [1.54, 1.807) is 58.0 Å². The Morgan fingerprint density at radius 3 is 2.20 bits per heavy atom. The second-order valence-corrected chi connectivity index (χ2v) is 24.8. The van der Waals surface area contributed by atoms with Crippen LogP contribution in [0.2, 0.25) is 5.02 Å². The summed E-state index contributed by atoms with van der Waals surface area (Å²) in [6, 6.07) is 9.01. The average molecular weight is 1260 g/mol. The van der Waals surface area contributed by atoms with Crippen molar-refractivity contribution in [3.8, 4) is 5.75 Å². The predicted octanol–water partition coefficient (Wildman–Crippen LogP) is 3.51. The van der Waals surface area contributed by atoms with Gasteiger partial charge in [0.2, 0.25) is 41.4 Å². The Morgan fingerprint density at radius 1 is 0.885 bits per heavy atom. The Bertz CT molecular complexity index is 2920. The van der Waals surface area contributed by atoms with E-state index >= 15 is 0 Å². The highest BCUT2D eigenvalue weighted by atomic mass is 35.5. The number of hydrogen-bond donors (Lipinski definition) is 7. The van der Waals surface area contributed by atoms with Crippen molar-refractivity contribution in [2.24, 2.45) is 23.2 Å². The fourth-order valence-electron chi connectivity index (χ4n) is 8.97. The molecule has 27 heteroatoms. The quantitative estimate of drug-likeness (QED) is 0.0201. The Morgan fingerprint density at radius 2 is 1.56 bits per heavy atom. The van der Waals surface area contributed by atoms with Gasteiger partial charge < -0.3 is 60.5 Å². The molecule has 4 rings (SSSR count). The maximum Gasteiger partial charge on any atom is 0.347 e. The minimum absolute atomic E-state index is 0.0526. The molecule has 0 aromatic heterocycles. The molecule has 2 aromatic rings. The first-order valence-corrected chi connectivity index (χ1v) is 30.8. The van der Waals surface area contributed by atoms with Gasteiger partial charge in [-0.3, -0.25) is 47.7 Å².